The Bertz CT molecular complexity index is 415. The van der Waals surface area contributed by atoms with Gasteiger partial charge in [-0.2, -0.15) is 0 Å². The lowest BCUT2D eigenvalue weighted by Gasteiger charge is -2.35. The van der Waals surface area contributed by atoms with Crippen molar-refractivity contribution in [3.63, 3.8) is 0 Å². The normalized spacial score (nSPS) is 19.3. The molecule has 1 heterocycles. The third-order valence-corrected chi connectivity index (χ3v) is 3.55. The van der Waals surface area contributed by atoms with Gasteiger partial charge in [0, 0.05) is 31.4 Å². The van der Waals surface area contributed by atoms with Crippen molar-refractivity contribution in [1.29, 1.82) is 0 Å². The molecule has 0 amide bonds. The van der Waals surface area contributed by atoms with E-state index in [4.69, 9.17) is 4.74 Å². The van der Waals surface area contributed by atoms with Crippen molar-refractivity contribution in [2.75, 3.05) is 31.6 Å². The molecule has 0 radical (unpaired) electrons. The third kappa shape index (κ3) is 3.47. The van der Waals surface area contributed by atoms with Gasteiger partial charge in [-0.25, -0.2) is 4.79 Å². The summed E-state index contributed by atoms with van der Waals surface area (Å²) in [5, 5.41) is 3.54. The zero-order valence-electron chi connectivity index (χ0n) is 11.7. The van der Waals surface area contributed by atoms with Gasteiger partial charge in [0.2, 0.25) is 0 Å². The van der Waals surface area contributed by atoms with Crippen molar-refractivity contribution in [3.8, 4) is 0 Å². The second-order valence-corrected chi connectivity index (χ2v) is 4.92. The van der Waals surface area contributed by atoms with Crippen LogP contribution in [-0.4, -0.2) is 38.8 Å². The fourth-order valence-electron chi connectivity index (χ4n) is 2.53. The minimum absolute atomic E-state index is 0.282. The number of carbonyl (C=O) groups is 1. The van der Waals surface area contributed by atoms with E-state index >= 15 is 0 Å². The molecule has 1 aliphatic heterocycles. The van der Waals surface area contributed by atoms with Gasteiger partial charge in [-0.15, -0.1) is 0 Å². The average molecular weight is 262 g/mol. The number of piperazine rings is 1. The molecule has 19 heavy (non-hydrogen) atoms. The van der Waals surface area contributed by atoms with Crippen LogP contribution in [0.3, 0.4) is 0 Å². The summed E-state index contributed by atoms with van der Waals surface area (Å²) in [5.41, 5.74) is 1.78. The molecule has 1 aromatic rings. The van der Waals surface area contributed by atoms with Crippen LogP contribution in [-0.2, 0) is 4.74 Å². The van der Waals surface area contributed by atoms with E-state index in [1.807, 2.05) is 24.3 Å². The third-order valence-electron chi connectivity index (χ3n) is 3.55. The molecule has 2 rings (SSSR count). The Morgan fingerprint density at radius 1 is 1.42 bits per heavy atom. The molecule has 4 heteroatoms. The van der Waals surface area contributed by atoms with Crippen LogP contribution >= 0.6 is 0 Å². The topological polar surface area (TPSA) is 41.6 Å². The Balaban J connectivity index is 2.03. The average Bonchev–Trinajstić information content (AvgIpc) is 2.47. The van der Waals surface area contributed by atoms with Crippen LogP contribution in [0.5, 0.6) is 0 Å². The first-order valence-corrected chi connectivity index (χ1v) is 6.91. The highest BCUT2D eigenvalue weighted by atomic mass is 16.5. The summed E-state index contributed by atoms with van der Waals surface area (Å²) in [6, 6.07) is 8.23. The first-order valence-electron chi connectivity index (χ1n) is 6.91. The highest BCUT2D eigenvalue weighted by Crippen LogP contribution is 2.18. The predicted molar refractivity (Wildman–Crippen MR) is 76.7 cm³/mol. The minimum atomic E-state index is -0.282. The molecule has 0 spiro atoms. The van der Waals surface area contributed by atoms with Crippen molar-refractivity contribution >= 4 is 11.7 Å². The van der Waals surface area contributed by atoms with E-state index < -0.39 is 0 Å². The number of nitrogens with one attached hydrogen (secondary N) is 1. The van der Waals surface area contributed by atoms with E-state index in [2.05, 4.69) is 17.1 Å². The van der Waals surface area contributed by atoms with Crippen molar-refractivity contribution < 1.29 is 9.53 Å². The standard InChI is InChI=1S/C15H22N2O2/c1-3-4-13-11-17(10-9-16-13)14-7-5-12(6-8-14)15(18)19-2/h5-8,13,16H,3-4,9-11H2,1-2H3/t13-/m1/s1. The van der Waals surface area contributed by atoms with E-state index in [9.17, 15) is 4.79 Å². The van der Waals surface area contributed by atoms with E-state index in [1.54, 1.807) is 0 Å². The van der Waals surface area contributed by atoms with Gasteiger partial charge in [-0.1, -0.05) is 13.3 Å². The number of methoxy groups -OCH3 is 1. The molecule has 104 valence electrons. The molecule has 1 saturated heterocycles. The Hall–Kier alpha value is -1.55. The number of hydrogen-bond donors (Lipinski definition) is 1. The van der Waals surface area contributed by atoms with Gasteiger partial charge in [0.1, 0.15) is 0 Å². The number of benzene rings is 1. The quantitative estimate of drug-likeness (QED) is 0.843. The van der Waals surface area contributed by atoms with Crippen molar-refractivity contribution in [2.24, 2.45) is 0 Å². The Labute approximate surface area is 114 Å². The molecule has 0 aromatic heterocycles. The smallest absolute Gasteiger partial charge is 0.337 e. The fraction of sp³-hybridized carbons (Fsp3) is 0.533. The van der Waals surface area contributed by atoms with Crippen LogP contribution in [0.2, 0.25) is 0 Å². The monoisotopic (exact) mass is 262 g/mol. The zero-order valence-corrected chi connectivity index (χ0v) is 11.7. The van der Waals surface area contributed by atoms with Gasteiger partial charge >= 0.3 is 5.97 Å². The lowest BCUT2D eigenvalue weighted by atomic mass is 10.1. The largest absolute Gasteiger partial charge is 0.465 e. The molecule has 1 fully saturated rings. The minimum Gasteiger partial charge on any atom is -0.465 e. The van der Waals surface area contributed by atoms with E-state index in [1.165, 1.54) is 25.6 Å². The number of carbonyl (C=O) groups excluding carboxylic acids is 1. The van der Waals surface area contributed by atoms with E-state index in [0.29, 0.717) is 11.6 Å². The molecule has 4 nitrogen and oxygen atoms in total. The maximum atomic E-state index is 11.4. The second kappa shape index (κ2) is 6.57. The fourth-order valence-corrected chi connectivity index (χ4v) is 2.53. The molecule has 1 aliphatic rings. The number of nitrogens with zero attached hydrogens (tertiary/aromatic N) is 1. The van der Waals surface area contributed by atoms with E-state index in [0.717, 1.165) is 19.6 Å². The van der Waals surface area contributed by atoms with Crippen LogP contribution in [0.4, 0.5) is 5.69 Å². The molecule has 1 aromatic carbocycles. The van der Waals surface area contributed by atoms with Crippen molar-refractivity contribution in [2.45, 2.75) is 25.8 Å². The Morgan fingerprint density at radius 2 is 2.16 bits per heavy atom. The lowest BCUT2D eigenvalue weighted by Crippen LogP contribution is -2.50. The SMILES string of the molecule is CCC[C@@H]1CN(c2ccc(C(=O)OC)cc2)CCN1. The van der Waals surface area contributed by atoms with Crippen LogP contribution in [0.25, 0.3) is 0 Å². The summed E-state index contributed by atoms with van der Waals surface area (Å²) in [7, 11) is 1.40. The van der Waals surface area contributed by atoms with Crippen molar-refractivity contribution in [3.05, 3.63) is 29.8 Å². The molecule has 0 aliphatic carbocycles. The van der Waals surface area contributed by atoms with Crippen LogP contribution in [0, 0.1) is 0 Å². The van der Waals surface area contributed by atoms with Gasteiger partial charge in [0.25, 0.3) is 0 Å². The first kappa shape index (κ1) is 13.9. The highest BCUT2D eigenvalue weighted by Gasteiger charge is 2.18. The number of esters is 1. The molecule has 0 bridgehead atoms. The number of rotatable bonds is 4. The molecular weight excluding hydrogens is 240 g/mol. The molecule has 0 saturated carbocycles. The van der Waals surface area contributed by atoms with Crippen LogP contribution in [0.15, 0.2) is 24.3 Å². The van der Waals surface area contributed by atoms with Gasteiger partial charge in [0.15, 0.2) is 0 Å². The molecule has 1 N–H and O–H groups in total. The maximum Gasteiger partial charge on any atom is 0.337 e. The summed E-state index contributed by atoms with van der Waals surface area (Å²) < 4.78 is 4.71. The van der Waals surface area contributed by atoms with Crippen LogP contribution in [0.1, 0.15) is 30.1 Å². The zero-order chi connectivity index (χ0) is 13.7. The summed E-state index contributed by atoms with van der Waals surface area (Å²) in [5.74, 6) is -0.282. The summed E-state index contributed by atoms with van der Waals surface area (Å²) in [6.07, 6.45) is 2.41. The Kier molecular flexibility index (Phi) is 4.80. The number of hydrogen-bond acceptors (Lipinski definition) is 4. The predicted octanol–water partition coefficient (Wildman–Crippen LogP) is 2.05. The summed E-state index contributed by atoms with van der Waals surface area (Å²) in [6.45, 7) is 5.28. The van der Waals surface area contributed by atoms with Gasteiger partial charge in [-0.3, -0.25) is 0 Å². The number of anilines is 1. The lowest BCUT2D eigenvalue weighted by molar-refractivity contribution is 0.0601. The van der Waals surface area contributed by atoms with Crippen molar-refractivity contribution in [1.82, 2.24) is 5.32 Å². The van der Waals surface area contributed by atoms with E-state index in [-0.39, 0.29) is 5.97 Å². The van der Waals surface area contributed by atoms with Gasteiger partial charge in [0.05, 0.1) is 12.7 Å². The summed E-state index contributed by atoms with van der Waals surface area (Å²) in [4.78, 5) is 13.8. The second-order valence-electron chi connectivity index (χ2n) is 4.92. The van der Waals surface area contributed by atoms with Crippen LogP contribution < -0.4 is 10.2 Å². The first-order chi connectivity index (χ1) is 9.24. The molecular formula is C15H22N2O2. The highest BCUT2D eigenvalue weighted by molar-refractivity contribution is 5.89. The maximum absolute atomic E-state index is 11.4. The summed E-state index contributed by atoms with van der Waals surface area (Å²) >= 11 is 0. The Morgan fingerprint density at radius 3 is 2.79 bits per heavy atom. The molecule has 1 atom stereocenters. The molecule has 0 unspecified atom stereocenters. The van der Waals surface area contributed by atoms with Gasteiger partial charge < -0.3 is 15.0 Å². The van der Waals surface area contributed by atoms with Gasteiger partial charge in [-0.05, 0) is 30.7 Å². The number of ether oxygens (including phenoxy) is 1.